The van der Waals surface area contributed by atoms with Gasteiger partial charge in [0, 0.05) is 25.4 Å². The molecular weight excluding hydrogens is 342 g/mol. The maximum atomic E-state index is 12.2. The number of rotatable bonds is 6. The molecule has 0 aliphatic carbocycles. The lowest BCUT2D eigenvalue weighted by molar-refractivity contribution is 0.0600. The van der Waals surface area contributed by atoms with Crippen molar-refractivity contribution in [3.05, 3.63) is 77.5 Å². The molecular formula is C21H21N3O3. The Kier molecular flexibility index (Phi) is 5.66. The second-order valence-electron chi connectivity index (χ2n) is 6.11. The zero-order chi connectivity index (χ0) is 19.2. The summed E-state index contributed by atoms with van der Waals surface area (Å²) in [6.07, 6.45) is 2.51. The van der Waals surface area contributed by atoms with Gasteiger partial charge in [-0.05, 0) is 47.9 Å². The average Bonchev–Trinajstić information content (AvgIpc) is 3.14. The van der Waals surface area contributed by atoms with Crippen LogP contribution in [-0.2, 0) is 18.2 Å². The normalized spacial score (nSPS) is 10.4. The van der Waals surface area contributed by atoms with Gasteiger partial charge in [-0.1, -0.05) is 24.3 Å². The number of carbonyl (C=O) groups is 2. The van der Waals surface area contributed by atoms with Crippen molar-refractivity contribution in [2.45, 2.75) is 6.42 Å². The van der Waals surface area contributed by atoms with E-state index in [4.69, 9.17) is 0 Å². The largest absolute Gasteiger partial charge is 0.465 e. The zero-order valence-corrected chi connectivity index (χ0v) is 15.3. The van der Waals surface area contributed by atoms with Crippen molar-refractivity contribution in [1.82, 2.24) is 15.1 Å². The number of aromatic nitrogens is 2. The van der Waals surface area contributed by atoms with Gasteiger partial charge >= 0.3 is 5.97 Å². The number of amides is 1. The predicted octanol–water partition coefficient (Wildman–Crippen LogP) is 2.85. The summed E-state index contributed by atoms with van der Waals surface area (Å²) < 4.78 is 6.48. The maximum absolute atomic E-state index is 12.2. The molecule has 0 atom stereocenters. The van der Waals surface area contributed by atoms with Gasteiger partial charge in [-0.15, -0.1) is 0 Å². The standard InChI is InChI=1S/C21H21N3O3/c1-24-19(12-14-23-24)16-5-3-15(4-6-16)11-13-22-20(25)17-7-9-18(10-8-17)21(26)27-2/h3-10,12,14H,11,13H2,1-2H3,(H,22,25). The fourth-order valence-electron chi connectivity index (χ4n) is 2.80. The van der Waals surface area contributed by atoms with Crippen molar-refractivity contribution >= 4 is 11.9 Å². The quantitative estimate of drug-likeness (QED) is 0.684. The Morgan fingerprint density at radius 3 is 2.26 bits per heavy atom. The highest BCUT2D eigenvalue weighted by molar-refractivity contribution is 5.96. The summed E-state index contributed by atoms with van der Waals surface area (Å²) in [5.41, 5.74) is 4.23. The van der Waals surface area contributed by atoms with Crippen molar-refractivity contribution < 1.29 is 14.3 Å². The van der Waals surface area contributed by atoms with Crippen molar-refractivity contribution in [1.29, 1.82) is 0 Å². The number of nitrogens with one attached hydrogen (secondary N) is 1. The highest BCUT2D eigenvalue weighted by Crippen LogP contribution is 2.18. The van der Waals surface area contributed by atoms with E-state index >= 15 is 0 Å². The first-order valence-corrected chi connectivity index (χ1v) is 8.62. The Hall–Kier alpha value is -3.41. The van der Waals surface area contributed by atoms with Crippen LogP contribution in [0, 0.1) is 0 Å². The number of hydrogen-bond donors (Lipinski definition) is 1. The monoisotopic (exact) mass is 363 g/mol. The van der Waals surface area contributed by atoms with Gasteiger partial charge in [-0.3, -0.25) is 9.48 Å². The Morgan fingerprint density at radius 2 is 1.67 bits per heavy atom. The first kappa shape index (κ1) is 18.4. The summed E-state index contributed by atoms with van der Waals surface area (Å²) in [6, 6.07) is 16.6. The number of nitrogens with zero attached hydrogens (tertiary/aromatic N) is 2. The van der Waals surface area contributed by atoms with Crippen molar-refractivity contribution in [3.8, 4) is 11.3 Å². The third-order valence-electron chi connectivity index (χ3n) is 4.34. The third kappa shape index (κ3) is 4.41. The molecule has 6 nitrogen and oxygen atoms in total. The number of ether oxygens (including phenoxy) is 1. The number of hydrogen-bond acceptors (Lipinski definition) is 4. The van der Waals surface area contributed by atoms with E-state index in [0.717, 1.165) is 23.2 Å². The SMILES string of the molecule is COC(=O)c1ccc(C(=O)NCCc2ccc(-c3ccnn3C)cc2)cc1. The minimum Gasteiger partial charge on any atom is -0.465 e. The van der Waals surface area contributed by atoms with Crippen LogP contribution in [0.2, 0.25) is 0 Å². The highest BCUT2D eigenvalue weighted by atomic mass is 16.5. The first-order valence-electron chi connectivity index (χ1n) is 8.62. The lowest BCUT2D eigenvalue weighted by atomic mass is 10.1. The van der Waals surface area contributed by atoms with Crippen molar-refractivity contribution in [2.24, 2.45) is 7.05 Å². The van der Waals surface area contributed by atoms with Crippen LogP contribution in [-0.4, -0.2) is 35.3 Å². The molecule has 0 bridgehead atoms. The molecule has 0 spiro atoms. The number of carbonyl (C=O) groups excluding carboxylic acids is 2. The maximum Gasteiger partial charge on any atom is 0.337 e. The topological polar surface area (TPSA) is 73.2 Å². The molecule has 2 aromatic carbocycles. The molecule has 1 heterocycles. The zero-order valence-electron chi connectivity index (χ0n) is 15.3. The number of esters is 1. The minimum atomic E-state index is -0.420. The molecule has 0 radical (unpaired) electrons. The van der Waals surface area contributed by atoms with Gasteiger partial charge in [0.05, 0.1) is 18.4 Å². The first-order chi connectivity index (χ1) is 13.1. The van der Waals surface area contributed by atoms with Gasteiger partial charge in [-0.2, -0.15) is 5.10 Å². The van der Waals surface area contributed by atoms with E-state index in [-0.39, 0.29) is 5.91 Å². The molecule has 6 heteroatoms. The molecule has 0 aliphatic heterocycles. The molecule has 3 rings (SSSR count). The number of benzene rings is 2. The van der Waals surface area contributed by atoms with Crippen LogP contribution in [0.15, 0.2) is 60.8 Å². The van der Waals surface area contributed by atoms with E-state index in [1.807, 2.05) is 17.8 Å². The molecule has 138 valence electrons. The third-order valence-corrected chi connectivity index (χ3v) is 4.34. The van der Waals surface area contributed by atoms with Gasteiger partial charge < -0.3 is 10.1 Å². The lowest BCUT2D eigenvalue weighted by Crippen LogP contribution is -2.25. The van der Waals surface area contributed by atoms with Crippen molar-refractivity contribution in [2.75, 3.05) is 13.7 Å². The molecule has 0 saturated heterocycles. The predicted molar refractivity (Wildman–Crippen MR) is 102 cm³/mol. The number of aryl methyl sites for hydroxylation is 1. The van der Waals surface area contributed by atoms with Crippen LogP contribution in [0.5, 0.6) is 0 Å². The lowest BCUT2D eigenvalue weighted by Gasteiger charge is -2.07. The molecule has 27 heavy (non-hydrogen) atoms. The van der Waals surface area contributed by atoms with E-state index in [2.05, 4.69) is 39.4 Å². The Morgan fingerprint density at radius 1 is 1.00 bits per heavy atom. The van der Waals surface area contributed by atoms with Gasteiger partial charge in [0.2, 0.25) is 0 Å². The minimum absolute atomic E-state index is 0.169. The van der Waals surface area contributed by atoms with Crippen LogP contribution in [0.1, 0.15) is 26.3 Å². The molecule has 1 N–H and O–H groups in total. The van der Waals surface area contributed by atoms with E-state index < -0.39 is 5.97 Å². The summed E-state index contributed by atoms with van der Waals surface area (Å²) in [5.74, 6) is -0.588. The Labute approximate surface area is 157 Å². The second kappa shape index (κ2) is 8.31. The summed E-state index contributed by atoms with van der Waals surface area (Å²) in [4.78, 5) is 23.6. The molecule has 0 fully saturated rings. The van der Waals surface area contributed by atoms with Gasteiger partial charge in [0.25, 0.3) is 5.91 Å². The fraction of sp³-hybridized carbons (Fsp3) is 0.190. The van der Waals surface area contributed by atoms with E-state index in [1.54, 1.807) is 30.5 Å². The van der Waals surface area contributed by atoms with Crippen LogP contribution < -0.4 is 5.32 Å². The molecule has 1 aromatic heterocycles. The van der Waals surface area contributed by atoms with E-state index in [0.29, 0.717) is 17.7 Å². The smallest absolute Gasteiger partial charge is 0.337 e. The average molecular weight is 363 g/mol. The molecule has 3 aromatic rings. The summed E-state index contributed by atoms with van der Waals surface area (Å²) in [7, 11) is 3.24. The fourth-order valence-corrected chi connectivity index (χ4v) is 2.80. The van der Waals surface area contributed by atoms with E-state index in [1.165, 1.54) is 7.11 Å². The summed E-state index contributed by atoms with van der Waals surface area (Å²) in [5, 5.41) is 7.07. The molecule has 1 amide bonds. The van der Waals surface area contributed by atoms with Gasteiger partial charge in [0.1, 0.15) is 0 Å². The highest BCUT2D eigenvalue weighted by Gasteiger charge is 2.09. The molecule has 0 saturated carbocycles. The summed E-state index contributed by atoms with van der Waals surface area (Å²) in [6.45, 7) is 0.530. The van der Waals surface area contributed by atoms with Gasteiger partial charge in [0.15, 0.2) is 0 Å². The molecule has 0 aliphatic rings. The van der Waals surface area contributed by atoms with Gasteiger partial charge in [-0.25, -0.2) is 4.79 Å². The van der Waals surface area contributed by atoms with E-state index in [9.17, 15) is 9.59 Å². The van der Waals surface area contributed by atoms with Crippen LogP contribution in [0.3, 0.4) is 0 Å². The number of methoxy groups -OCH3 is 1. The second-order valence-corrected chi connectivity index (χ2v) is 6.11. The van der Waals surface area contributed by atoms with Crippen LogP contribution >= 0.6 is 0 Å². The molecule has 0 unspecified atom stereocenters. The van der Waals surface area contributed by atoms with Crippen LogP contribution in [0.25, 0.3) is 11.3 Å². The van der Waals surface area contributed by atoms with Crippen molar-refractivity contribution in [3.63, 3.8) is 0 Å². The Bertz CT molecular complexity index is 928. The van der Waals surface area contributed by atoms with Crippen LogP contribution in [0.4, 0.5) is 0 Å². The Balaban J connectivity index is 1.52. The summed E-state index contributed by atoms with van der Waals surface area (Å²) >= 11 is 0.